The number of aromatic nitrogens is 3. The Hall–Kier alpha value is -2.97. The first-order valence-corrected chi connectivity index (χ1v) is 9.37. The molecule has 1 atom stereocenters. The van der Waals surface area contributed by atoms with Crippen molar-refractivity contribution in [3.63, 3.8) is 0 Å². The highest BCUT2D eigenvalue weighted by Crippen LogP contribution is 2.19. The molecule has 2 aromatic rings. The Morgan fingerprint density at radius 2 is 2.07 bits per heavy atom. The first-order chi connectivity index (χ1) is 13.3. The van der Waals surface area contributed by atoms with E-state index in [0.29, 0.717) is 30.6 Å². The predicted molar refractivity (Wildman–Crippen MR) is 102 cm³/mol. The van der Waals surface area contributed by atoms with Gasteiger partial charge in [-0.3, -0.25) is 14.4 Å². The second kappa shape index (κ2) is 7.95. The van der Waals surface area contributed by atoms with Crippen molar-refractivity contribution in [1.82, 2.24) is 24.6 Å². The van der Waals surface area contributed by atoms with Crippen molar-refractivity contribution < 1.29 is 19.5 Å². The first kappa shape index (κ1) is 19.8. The van der Waals surface area contributed by atoms with Gasteiger partial charge in [-0.15, -0.1) is 0 Å². The number of carboxylic acid groups (broad SMARTS) is 1. The molecule has 0 aliphatic carbocycles. The summed E-state index contributed by atoms with van der Waals surface area (Å²) in [6.07, 6.45) is 4.39. The highest BCUT2D eigenvalue weighted by atomic mass is 16.4. The number of carbonyl (C=O) groups is 3. The number of hydrogen-bond donors (Lipinski definition) is 1. The smallest absolute Gasteiger partial charge is 0.308 e. The van der Waals surface area contributed by atoms with Gasteiger partial charge in [0.1, 0.15) is 0 Å². The number of carbonyl (C=O) groups excluding carboxylic acids is 2. The molecule has 0 spiro atoms. The summed E-state index contributed by atoms with van der Waals surface area (Å²) >= 11 is 0. The highest BCUT2D eigenvalue weighted by molar-refractivity contribution is 5.98. The number of fused-ring (bicyclic) bond motifs is 1. The minimum Gasteiger partial charge on any atom is -0.481 e. The van der Waals surface area contributed by atoms with E-state index >= 15 is 0 Å². The second-order valence-corrected chi connectivity index (χ2v) is 7.50. The maximum atomic E-state index is 12.7. The second-order valence-electron chi connectivity index (χ2n) is 7.50. The Bertz CT molecular complexity index is 907. The fraction of sp³-hybridized carbons (Fsp3) is 0.526. The van der Waals surface area contributed by atoms with Crippen LogP contribution in [0.15, 0.2) is 18.5 Å². The number of nitrogens with zero attached hydrogens (tertiary/aromatic N) is 5. The van der Waals surface area contributed by atoms with Gasteiger partial charge in [-0.25, -0.2) is 9.67 Å². The number of amides is 2. The molecule has 9 nitrogen and oxygen atoms in total. The quantitative estimate of drug-likeness (QED) is 0.831. The van der Waals surface area contributed by atoms with Crippen LogP contribution in [-0.4, -0.2) is 74.1 Å². The van der Waals surface area contributed by atoms with Gasteiger partial charge in [-0.2, -0.15) is 5.10 Å². The zero-order chi connectivity index (χ0) is 20.4. The third-order valence-electron chi connectivity index (χ3n) is 5.01. The topological polar surface area (TPSA) is 109 Å². The predicted octanol–water partition coefficient (Wildman–Crippen LogP) is 1.41. The number of hydrogen-bond acceptors (Lipinski definition) is 5. The highest BCUT2D eigenvalue weighted by Gasteiger charge is 2.29. The monoisotopic (exact) mass is 387 g/mol. The van der Waals surface area contributed by atoms with Crippen molar-refractivity contribution in [3.05, 3.63) is 24.0 Å². The van der Waals surface area contributed by atoms with Crippen LogP contribution in [0.4, 0.5) is 0 Å². The Balaban J connectivity index is 1.68. The lowest BCUT2D eigenvalue weighted by Gasteiger charge is -2.32. The molecule has 28 heavy (non-hydrogen) atoms. The molecule has 0 aromatic carbocycles. The Morgan fingerprint density at radius 3 is 2.75 bits per heavy atom. The van der Waals surface area contributed by atoms with E-state index in [0.717, 1.165) is 5.39 Å². The summed E-state index contributed by atoms with van der Waals surface area (Å²) in [5.74, 6) is -1.98. The number of carboxylic acids is 1. The summed E-state index contributed by atoms with van der Waals surface area (Å²) in [6, 6.07) is 1.88. The summed E-state index contributed by atoms with van der Waals surface area (Å²) < 4.78 is 1.78. The van der Waals surface area contributed by atoms with Gasteiger partial charge >= 0.3 is 5.97 Å². The molecule has 0 saturated carbocycles. The van der Waals surface area contributed by atoms with Crippen molar-refractivity contribution in [3.8, 4) is 0 Å². The van der Waals surface area contributed by atoms with Gasteiger partial charge in [-0.05, 0) is 32.8 Å². The zero-order valence-corrected chi connectivity index (χ0v) is 16.3. The molecule has 3 rings (SSSR count). The Kier molecular flexibility index (Phi) is 5.62. The van der Waals surface area contributed by atoms with E-state index in [1.807, 2.05) is 13.8 Å². The van der Waals surface area contributed by atoms with Gasteiger partial charge < -0.3 is 14.9 Å². The molecule has 1 saturated heterocycles. The van der Waals surface area contributed by atoms with Crippen LogP contribution in [0.5, 0.6) is 0 Å². The molecular weight excluding hydrogens is 362 g/mol. The molecule has 3 heterocycles. The fourth-order valence-electron chi connectivity index (χ4n) is 3.44. The summed E-state index contributed by atoms with van der Waals surface area (Å²) in [7, 11) is 1.56. The van der Waals surface area contributed by atoms with Crippen molar-refractivity contribution in [1.29, 1.82) is 0 Å². The van der Waals surface area contributed by atoms with Gasteiger partial charge in [0.05, 0.1) is 24.2 Å². The summed E-state index contributed by atoms with van der Waals surface area (Å²) in [5, 5.41) is 14.2. The van der Waals surface area contributed by atoms with E-state index in [1.165, 1.54) is 16.0 Å². The normalized spacial score (nSPS) is 17.1. The molecule has 9 heteroatoms. The maximum absolute atomic E-state index is 12.7. The Morgan fingerprint density at radius 1 is 1.32 bits per heavy atom. The molecule has 2 amide bonds. The van der Waals surface area contributed by atoms with E-state index in [9.17, 15) is 14.4 Å². The lowest BCUT2D eigenvalue weighted by Crippen LogP contribution is -2.46. The number of likely N-dealkylation sites (tertiary alicyclic amines) is 1. The van der Waals surface area contributed by atoms with Crippen molar-refractivity contribution in [2.45, 2.75) is 32.7 Å². The van der Waals surface area contributed by atoms with Crippen LogP contribution in [0.3, 0.4) is 0 Å². The van der Waals surface area contributed by atoms with Gasteiger partial charge in [0.15, 0.2) is 5.65 Å². The van der Waals surface area contributed by atoms with E-state index in [2.05, 4.69) is 10.1 Å². The molecule has 0 bridgehead atoms. The average molecular weight is 387 g/mol. The lowest BCUT2D eigenvalue weighted by atomic mass is 9.98. The number of pyridine rings is 1. The standard InChI is InChI=1S/C19H25N5O4/c1-12(2)24-17-14(9-21-24)7-15(8-20-17)18(26)22(3)11-16(25)23-6-4-5-13(10-23)19(27)28/h7-9,12-13H,4-6,10-11H2,1-3H3,(H,27,28). The molecule has 1 aliphatic heterocycles. The lowest BCUT2D eigenvalue weighted by molar-refractivity contribution is -0.145. The molecule has 1 aliphatic rings. The maximum Gasteiger partial charge on any atom is 0.308 e. The van der Waals surface area contributed by atoms with Gasteiger partial charge in [0.25, 0.3) is 5.91 Å². The summed E-state index contributed by atoms with van der Waals surface area (Å²) in [6.45, 7) is 4.61. The van der Waals surface area contributed by atoms with E-state index in [-0.39, 0.29) is 30.9 Å². The van der Waals surface area contributed by atoms with Gasteiger partial charge in [-0.1, -0.05) is 0 Å². The Labute approximate surface area is 162 Å². The zero-order valence-electron chi connectivity index (χ0n) is 16.3. The third kappa shape index (κ3) is 3.97. The van der Waals surface area contributed by atoms with Gasteiger partial charge in [0, 0.05) is 37.8 Å². The van der Waals surface area contributed by atoms with E-state index in [4.69, 9.17) is 5.11 Å². The largest absolute Gasteiger partial charge is 0.481 e. The van der Waals surface area contributed by atoms with E-state index in [1.54, 1.807) is 24.0 Å². The van der Waals surface area contributed by atoms with Crippen LogP contribution in [0.25, 0.3) is 11.0 Å². The number of likely N-dealkylation sites (N-methyl/N-ethyl adjacent to an activating group) is 1. The average Bonchev–Trinajstić information content (AvgIpc) is 3.10. The number of piperidine rings is 1. The van der Waals surface area contributed by atoms with E-state index < -0.39 is 11.9 Å². The molecule has 1 unspecified atom stereocenters. The molecule has 150 valence electrons. The molecule has 1 N–H and O–H groups in total. The summed E-state index contributed by atoms with van der Waals surface area (Å²) in [5.41, 5.74) is 1.09. The fourth-order valence-corrected chi connectivity index (χ4v) is 3.44. The van der Waals surface area contributed by atoms with Crippen molar-refractivity contribution in [2.75, 3.05) is 26.7 Å². The molecule has 1 fully saturated rings. The minimum atomic E-state index is -0.886. The van der Waals surface area contributed by atoms with Crippen LogP contribution in [0, 0.1) is 5.92 Å². The van der Waals surface area contributed by atoms with Crippen LogP contribution in [0.1, 0.15) is 43.1 Å². The SMILES string of the molecule is CC(C)n1ncc2cc(C(=O)N(C)CC(=O)N3CCCC(C(=O)O)C3)cnc21. The van der Waals surface area contributed by atoms with Crippen LogP contribution >= 0.6 is 0 Å². The van der Waals surface area contributed by atoms with Crippen LogP contribution in [-0.2, 0) is 9.59 Å². The first-order valence-electron chi connectivity index (χ1n) is 9.37. The third-order valence-corrected chi connectivity index (χ3v) is 5.01. The minimum absolute atomic E-state index is 0.103. The van der Waals surface area contributed by atoms with Crippen molar-refractivity contribution >= 4 is 28.8 Å². The van der Waals surface area contributed by atoms with Crippen molar-refractivity contribution in [2.24, 2.45) is 5.92 Å². The summed E-state index contributed by atoms with van der Waals surface area (Å²) in [4.78, 5) is 43.6. The van der Waals surface area contributed by atoms with Crippen LogP contribution in [0.2, 0.25) is 0 Å². The number of aliphatic carboxylic acids is 1. The molecule has 2 aromatic heterocycles. The molecular formula is C19H25N5O4. The molecule has 0 radical (unpaired) electrons. The van der Waals surface area contributed by atoms with Crippen LogP contribution < -0.4 is 0 Å². The van der Waals surface area contributed by atoms with Gasteiger partial charge in [0.2, 0.25) is 5.91 Å². The number of rotatable bonds is 5.